The molecule has 4 heteroatoms. The summed E-state index contributed by atoms with van der Waals surface area (Å²) in [6.07, 6.45) is 14.3. The second-order valence-corrected chi connectivity index (χ2v) is 7.88. The Kier molecular flexibility index (Phi) is 6.76. The quantitative estimate of drug-likeness (QED) is 0.865. The molecule has 0 aromatic heterocycles. The van der Waals surface area contributed by atoms with Gasteiger partial charge in [0.2, 0.25) is 5.91 Å². The van der Waals surface area contributed by atoms with Crippen molar-refractivity contribution in [3.8, 4) is 0 Å². The van der Waals surface area contributed by atoms with Crippen molar-refractivity contribution in [2.75, 3.05) is 32.7 Å². The lowest BCUT2D eigenvalue weighted by Gasteiger charge is -2.37. The summed E-state index contributed by atoms with van der Waals surface area (Å²) in [5.74, 6) is 0.262. The molecule has 0 aromatic carbocycles. The predicted octanol–water partition coefficient (Wildman–Crippen LogP) is 2.78. The molecule has 3 rings (SSSR count). The van der Waals surface area contributed by atoms with Gasteiger partial charge in [-0.05, 0) is 58.2 Å². The normalized spacial score (nSPS) is 29.1. The van der Waals surface area contributed by atoms with E-state index in [4.69, 9.17) is 0 Å². The van der Waals surface area contributed by atoms with Crippen molar-refractivity contribution in [2.45, 2.75) is 82.7 Å². The number of hydrogen-bond acceptors (Lipinski definition) is 3. The van der Waals surface area contributed by atoms with Crippen molar-refractivity contribution in [1.82, 2.24) is 15.1 Å². The van der Waals surface area contributed by atoms with E-state index in [2.05, 4.69) is 15.1 Å². The third-order valence-electron chi connectivity index (χ3n) is 5.98. The maximum atomic E-state index is 12.4. The SMILES string of the molecule is O=C(CN1CCC[C@H](N2CCCC2)C1)NC1CCCCCCC1. The minimum atomic E-state index is 0.262. The summed E-state index contributed by atoms with van der Waals surface area (Å²) in [7, 11) is 0. The van der Waals surface area contributed by atoms with Gasteiger partial charge in [-0.15, -0.1) is 0 Å². The van der Waals surface area contributed by atoms with Gasteiger partial charge in [-0.25, -0.2) is 0 Å². The topological polar surface area (TPSA) is 35.6 Å². The van der Waals surface area contributed by atoms with Gasteiger partial charge in [0.05, 0.1) is 6.54 Å². The average Bonchev–Trinajstić information content (AvgIpc) is 3.04. The van der Waals surface area contributed by atoms with Crippen molar-refractivity contribution in [2.24, 2.45) is 0 Å². The number of amides is 1. The van der Waals surface area contributed by atoms with E-state index in [9.17, 15) is 4.79 Å². The van der Waals surface area contributed by atoms with E-state index in [-0.39, 0.29) is 5.91 Å². The second kappa shape index (κ2) is 9.03. The summed E-state index contributed by atoms with van der Waals surface area (Å²) >= 11 is 0. The second-order valence-electron chi connectivity index (χ2n) is 7.88. The molecule has 2 saturated heterocycles. The molecule has 2 heterocycles. The summed E-state index contributed by atoms with van der Waals surface area (Å²) in [5.41, 5.74) is 0. The first-order valence-corrected chi connectivity index (χ1v) is 10.1. The van der Waals surface area contributed by atoms with Crippen molar-refractivity contribution in [3.05, 3.63) is 0 Å². The lowest BCUT2D eigenvalue weighted by Crippen LogP contribution is -2.50. The Bertz CT molecular complexity index is 360. The van der Waals surface area contributed by atoms with Crippen molar-refractivity contribution in [3.63, 3.8) is 0 Å². The van der Waals surface area contributed by atoms with Gasteiger partial charge in [-0.1, -0.05) is 32.1 Å². The van der Waals surface area contributed by atoms with Crippen LogP contribution in [0.4, 0.5) is 0 Å². The number of rotatable bonds is 4. The molecule has 1 saturated carbocycles. The Morgan fingerprint density at radius 2 is 1.52 bits per heavy atom. The molecule has 0 aromatic rings. The van der Waals surface area contributed by atoms with E-state index in [0.717, 1.165) is 13.1 Å². The number of likely N-dealkylation sites (tertiary alicyclic amines) is 2. The summed E-state index contributed by atoms with van der Waals surface area (Å²) in [6.45, 7) is 5.35. The van der Waals surface area contributed by atoms with Gasteiger partial charge in [0.1, 0.15) is 0 Å². The first-order chi connectivity index (χ1) is 11.3. The zero-order valence-electron chi connectivity index (χ0n) is 14.8. The lowest BCUT2D eigenvalue weighted by molar-refractivity contribution is -0.123. The Morgan fingerprint density at radius 3 is 2.26 bits per heavy atom. The molecular formula is C19H35N3O. The number of piperidine rings is 1. The smallest absolute Gasteiger partial charge is 0.234 e. The number of nitrogens with zero attached hydrogens (tertiary/aromatic N) is 2. The van der Waals surface area contributed by atoms with Crippen LogP contribution in [0.2, 0.25) is 0 Å². The molecule has 0 bridgehead atoms. The van der Waals surface area contributed by atoms with Gasteiger partial charge < -0.3 is 5.32 Å². The van der Waals surface area contributed by atoms with E-state index in [1.807, 2.05) is 0 Å². The van der Waals surface area contributed by atoms with Gasteiger partial charge in [0.25, 0.3) is 0 Å². The first-order valence-electron chi connectivity index (χ1n) is 10.1. The van der Waals surface area contributed by atoms with E-state index in [1.165, 1.54) is 83.7 Å². The molecule has 0 radical (unpaired) electrons. The zero-order chi connectivity index (χ0) is 15.9. The molecule has 1 aliphatic carbocycles. The Balaban J connectivity index is 1.41. The van der Waals surface area contributed by atoms with Crippen LogP contribution in [-0.2, 0) is 4.79 Å². The third-order valence-corrected chi connectivity index (χ3v) is 5.98. The fraction of sp³-hybridized carbons (Fsp3) is 0.947. The minimum Gasteiger partial charge on any atom is -0.352 e. The molecule has 3 fully saturated rings. The van der Waals surface area contributed by atoms with Crippen LogP contribution in [0.3, 0.4) is 0 Å². The monoisotopic (exact) mass is 321 g/mol. The Labute approximate surface area is 142 Å². The molecule has 0 spiro atoms. The average molecular weight is 322 g/mol. The van der Waals surface area contributed by atoms with Gasteiger partial charge in [-0.3, -0.25) is 14.6 Å². The molecular weight excluding hydrogens is 286 g/mol. The number of carbonyl (C=O) groups excluding carboxylic acids is 1. The van der Waals surface area contributed by atoms with Crippen LogP contribution in [0.5, 0.6) is 0 Å². The first kappa shape index (κ1) is 17.2. The van der Waals surface area contributed by atoms with Gasteiger partial charge >= 0.3 is 0 Å². The highest BCUT2D eigenvalue weighted by Crippen LogP contribution is 2.20. The van der Waals surface area contributed by atoms with Crippen LogP contribution >= 0.6 is 0 Å². The van der Waals surface area contributed by atoms with Crippen molar-refractivity contribution < 1.29 is 4.79 Å². The van der Waals surface area contributed by atoms with Crippen molar-refractivity contribution >= 4 is 5.91 Å². The molecule has 2 aliphatic heterocycles. The molecule has 4 nitrogen and oxygen atoms in total. The fourth-order valence-corrected chi connectivity index (χ4v) is 4.66. The van der Waals surface area contributed by atoms with Crippen LogP contribution in [0.1, 0.15) is 70.6 Å². The van der Waals surface area contributed by atoms with Gasteiger partial charge in [-0.2, -0.15) is 0 Å². The number of hydrogen-bond donors (Lipinski definition) is 1. The van der Waals surface area contributed by atoms with Gasteiger partial charge in [0.15, 0.2) is 0 Å². The molecule has 1 amide bonds. The minimum absolute atomic E-state index is 0.262. The van der Waals surface area contributed by atoms with E-state index >= 15 is 0 Å². The van der Waals surface area contributed by atoms with Crippen LogP contribution in [0, 0.1) is 0 Å². The Morgan fingerprint density at radius 1 is 0.826 bits per heavy atom. The summed E-state index contributed by atoms with van der Waals surface area (Å²) in [5, 5.41) is 3.32. The fourth-order valence-electron chi connectivity index (χ4n) is 4.66. The molecule has 3 aliphatic rings. The van der Waals surface area contributed by atoms with Crippen molar-refractivity contribution in [1.29, 1.82) is 0 Å². The predicted molar refractivity (Wildman–Crippen MR) is 94.5 cm³/mol. The highest BCUT2D eigenvalue weighted by Gasteiger charge is 2.28. The summed E-state index contributed by atoms with van der Waals surface area (Å²) in [6, 6.07) is 1.13. The lowest BCUT2D eigenvalue weighted by atomic mass is 9.96. The summed E-state index contributed by atoms with van der Waals surface area (Å²) in [4.78, 5) is 17.5. The van der Waals surface area contributed by atoms with Crippen LogP contribution in [0.25, 0.3) is 0 Å². The maximum absolute atomic E-state index is 12.4. The summed E-state index contributed by atoms with van der Waals surface area (Å²) < 4.78 is 0. The highest BCUT2D eigenvalue weighted by molar-refractivity contribution is 5.78. The molecule has 1 atom stereocenters. The van der Waals surface area contributed by atoms with Crippen LogP contribution < -0.4 is 5.32 Å². The highest BCUT2D eigenvalue weighted by atomic mass is 16.2. The van der Waals surface area contributed by atoms with Crippen LogP contribution in [-0.4, -0.2) is 60.5 Å². The van der Waals surface area contributed by atoms with E-state index in [1.54, 1.807) is 0 Å². The largest absolute Gasteiger partial charge is 0.352 e. The third kappa shape index (κ3) is 5.46. The Hall–Kier alpha value is -0.610. The van der Waals surface area contributed by atoms with E-state index < -0.39 is 0 Å². The van der Waals surface area contributed by atoms with Gasteiger partial charge in [0, 0.05) is 18.6 Å². The van der Waals surface area contributed by atoms with E-state index in [0.29, 0.717) is 18.6 Å². The number of carbonyl (C=O) groups is 1. The number of nitrogens with one attached hydrogen (secondary N) is 1. The molecule has 1 N–H and O–H groups in total. The molecule has 132 valence electrons. The molecule has 23 heavy (non-hydrogen) atoms. The zero-order valence-corrected chi connectivity index (χ0v) is 14.8. The standard InChI is InChI=1S/C19H35N3O/c23-19(20-17-9-4-2-1-3-5-10-17)16-21-12-8-11-18(15-21)22-13-6-7-14-22/h17-18H,1-16H2,(H,20,23)/t18-/m0/s1. The molecule has 0 unspecified atom stereocenters. The maximum Gasteiger partial charge on any atom is 0.234 e. The van der Waals surface area contributed by atoms with Crippen LogP contribution in [0.15, 0.2) is 0 Å².